The fourth-order valence-corrected chi connectivity index (χ4v) is 2.14. The maximum Gasteiger partial charge on any atom is 0.127 e. The highest BCUT2D eigenvalue weighted by atomic mass is 16.3. The van der Waals surface area contributed by atoms with Crippen LogP contribution in [0.2, 0.25) is 0 Å². The third-order valence-electron chi connectivity index (χ3n) is 3.47. The molecule has 0 radical (unpaired) electrons. The van der Waals surface area contributed by atoms with Crippen LogP contribution in [0.1, 0.15) is 57.6 Å². The van der Waals surface area contributed by atoms with Crippen molar-refractivity contribution in [3.05, 3.63) is 11.8 Å². The molecule has 0 aliphatic heterocycles. The van der Waals surface area contributed by atoms with Crippen LogP contribution >= 0.6 is 0 Å². The van der Waals surface area contributed by atoms with E-state index in [1.165, 1.54) is 19.3 Å². The van der Waals surface area contributed by atoms with Crippen molar-refractivity contribution in [2.75, 3.05) is 5.73 Å². The summed E-state index contributed by atoms with van der Waals surface area (Å²) >= 11 is 0. The van der Waals surface area contributed by atoms with Crippen LogP contribution in [0, 0.1) is 5.92 Å². The van der Waals surface area contributed by atoms with Gasteiger partial charge in [-0.2, -0.15) is 5.10 Å². The Bertz CT molecular complexity index is 335. The van der Waals surface area contributed by atoms with Crippen LogP contribution < -0.4 is 5.73 Å². The normalized spacial score (nSPS) is 14.8. The molecule has 98 valence electrons. The minimum Gasteiger partial charge on any atom is -0.388 e. The van der Waals surface area contributed by atoms with E-state index in [-0.39, 0.29) is 0 Å². The first kappa shape index (κ1) is 14.0. The Morgan fingerprint density at radius 3 is 2.65 bits per heavy atom. The van der Waals surface area contributed by atoms with Gasteiger partial charge in [0.05, 0.1) is 12.3 Å². The molecule has 0 saturated heterocycles. The summed E-state index contributed by atoms with van der Waals surface area (Å²) in [7, 11) is 1.79. The summed E-state index contributed by atoms with van der Waals surface area (Å²) in [5.74, 6) is 1.15. The zero-order valence-corrected chi connectivity index (χ0v) is 11.2. The number of aliphatic hydroxyl groups is 1. The molecule has 0 amide bonds. The number of aromatic nitrogens is 2. The SMILES string of the molecule is CCCCC(CC)CC(O)c1cnn(C)c1N. The van der Waals surface area contributed by atoms with E-state index in [1.807, 2.05) is 0 Å². The van der Waals surface area contributed by atoms with E-state index in [0.717, 1.165) is 18.4 Å². The molecule has 0 saturated carbocycles. The Hall–Kier alpha value is -1.03. The summed E-state index contributed by atoms with van der Waals surface area (Å²) in [5.41, 5.74) is 6.63. The van der Waals surface area contributed by atoms with Gasteiger partial charge in [-0.05, 0) is 12.3 Å². The second-order valence-electron chi connectivity index (χ2n) is 4.78. The fraction of sp³-hybridized carbons (Fsp3) is 0.769. The Morgan fingerprint density at radius 1 is 1.47 bits per heavy atom. The van der Waals surface area contributed by atoms with Crippen LogP contribution in [0.25, 0.3) is 0 Å². The molecule has 0 aliphatic carbocycles. The van der Waals surface area contributed by atoms with Gasteiger partial charge in [-0.25, -0.2) is 0 Å². The average molecular weight is 239 g/mol. The van der Waals surface area contributed by atoms with Crippen molar-refractivity contribution in [2.45, 2.75) is 52.1 Å². The summed E-state index contributed by atoms with van der Waals surface area (Å²) in [6.45, 7) is 4.38. The molecule has 0 spiro atoms. The molecule has 17 heavy (non-hydrogen) atoms. The molecule has 1 aromatic rings. The van der Waals surface area contributed by atoms with E-state index in [9.17, 15) is 5.11 Å². The number of unbranched alkanes of at least 4 members (excludes halogenated alkanes) is 1. The molecule has 3 N–H and O–H groups in total. The average Bonchev–Trinajstić information content (AvgIpc) is 2.65. The van der Waals surface area contributed by atoms with Gasteiger partial charge in [-0.1, -0.05) is 39.5 Å². The molecule has 1 rings (SSSR count). The lowest BCUT2D eigenvalue weighted by molar-refractivity contribution is 0.139. The molecule has 0 bridgehead atoms. The van der Waals surface area contributed by atoms with Gasteiger partial charge in [0.1, 0.15) is 5.82 Å². The first-order valence-electron chi connectivity index (χ1n) is 6.55. The molecule has 0 aliphatic rings. The number of nitrogens with two attached hydrogens (primary N) is 1. The molecular formula is C13H25N3O. The Morgan fingerprint density at radius 2 is 2.18 bits per heavy atom. The van der Waals surface area contributed by atoms with E-state index in [4.69, 9.17) is 5.73 Å². The van der Waals surface area contributed by atoms with Crippen LogP contribution in [-0.2, 0) is 7.05 Å². The molecule has 4 heteroatoms. The van der Waals surface area contributed by atoms with Crippen LogP contribution in [0.4, 0.5) is 5.82 Å². The van der Waals surface area contributed by atoms with Crippen molar-refractivity contribution >= 4 is 5.82 Å². The van der Waals surface area contributed by atoms with E-state index < -0.39 is 6.10 Å². The summed E-state index contributed by atoms with van der Waals surface area (Å²) in [6.07, 6.45) is 6.71. The predicted molar refractivity (Wildman–Crippen MR) is 70.5 cm³/mol. The Labute approximate surface area is 104 Å². The third kappa shape index (κ3) is 3.73. The van der Waals surface area contributed by atoms with Crippen molar-refractivity contribution in [3.63, 3.8) is 0 Å². The quantitative estimate of drug-likeness (QED) is 0.768. The highest BCUT2D eigenvalue weighted by Gasteiger charge is 2.18. The fourth-order valence-electron chi connectivity index (χ4n) is 2.14. The number of nitrogens with zero attached hydrogens (tertiary/aromatic N) is 2. The van der Waals surface area contributed by atoms with Gasteiger partial charge in [0.25, 0.3) is 0 Å². The number of rotatable bonds is 7. The molecule has 2 atom stereocenters. The van der Waals surface area contributed by atoms with E-state index in [0.29, 0.717) is 11.7 Å². The third-order valence-corrected chi connectivity index (χ3v) is 3.47. The minimum atomic E-state index is -0.481. The first-order valence-corrected chi connectivity index (χ1v) is 6.55. The van der Waals surface area contributed by atoms with Gasteiger partial charge in [-0.3, -0.25) is 4.68 Å². The number of hydrogen-bond acceptors (Lipinski definition) is 3. The summed E-state index contributed by atoms with van der Waals surface area (Å²) in [5, 5.41) is 14.2. The second kappa shape index (κ2) is 6.64. The first-order chi connectivity index (χ1) is 8.10. The number of nitrogen functional groups attached to an aromatic ring is 1. The van der Waals surface area contributed by atoms with Crippen LogP contribution in [0.5, 0.6) is 0 Å². The Kier molecular flexibility index (Phi) is 5.48. The molecule has 0 aromatic carbocycles. The molecular weight excluding hydrogens is 214 g/mol. The lowest BCUT2D eigenvalue weighted by Gasteiger charge is -2.18. The number of hydrogen-bond donors (Lipinski definition) is 2. The highest BCUT2D eigenvalue weighted by Crippen LogP contribution is 2.29. The largest absolute Gasteiger partial charge is 0.388 e. The highest BCUT2D eigenvalue weighted by molar-refractivity contribution is 5.39. The Balaban J connectivity index is 2.57. The van der Waals surface area contributed by atoms with Crippen molar-refractivity contribution in [1.29, 1.82) is 0 Å². The van der Waals surface area contributed by atoms with E-state index in [2.05, 4.69) is 18.9 Å². The van der Waals surface area contributed by atoms with Crippen molar-refractivity contribution in [2.24, 2.45) is 13.0 Å². The molecule has 1 heterocycles. The summed E-state index contributed by atoms with van der Waals surface area (Å²) in [6, 6.07) is 0. The van der Waals surface area contributed by atoms with Gasteiger partial charge in [0.2, 0.25) is 0 Å². The van der Waals surface area contributed by atoms with E-state index in [1.54, 1.807) is 17.9 Å². The number of anilines is 1. The van der Waals surface area contributed by atoms with E-state index >= 15 is 0 Å². The van der Waals surface area contributed by atoms with Crippen LogP contribution in [0.15, 0.2) is 6.20 Å². The van der Waals surface area contributed by atoms with Gasteiger partial charge >= 0.3 is 0 Å². The van der Waals surface area contributed by atoms with Crippen molar-refractivity contribution < 1.29 is 5.11 Å². The van der Waals surface area contributed by atoms with Crippen LogP contribution in [-0.4, -0.2) is 14.9 Å². The number of aryl methyl sites for hydroxylation is 1. The second-order valence-corrected chi connectivity index (χ2v) is 4.78. The summed E-state index contributed by atoms with van der Waals surface area (Å²) in [4.78, 5) is 0. The van der Waals surface area contributed by atoms with Gasteiger partial charge in [0, 0.05) is 12.6 Å². The van der Waals surface area contributed by atoms with Gasteiger partial charge in [-0.15, -0.1) is 0 Å². The predicted octanol–water partition coefficient (Wildman–Crippen LogP) is 2.64. The molecule has 4 nitrogen and oxygen atoms in total. The molecule has 2 unspecified atom stereocenters. The minimum absolute atomic E-state index is 0.481. The maximum absolute atomic E-state index is 10.2. The zero-order valence-electron chi connectivity index (χ0n) is 11.2. The van der Waals surface area contributed by atoms with Gasteiger partial charge < -0.3 is 10.8 Å². The maximum atomic E-state index is 10.2. The smallest absolute Gasteiger partial charge is 0.127 e. The van der Waals surface area contributed by atoms with Crippen molar-refractivity contribution in [3.8, 4) is 0 Å². The molecule has 0 fully saturated rings. The standard InChI is InChI=1S/C13H25N3O/c1-4-6-7-10(5-2)8-12(17)11-9-15-16(3)13(11)14/h9-10,12,17H,4-8,14H2,1-3H3. The lowest BCUT2D eigenvalue weighted by atomic mass is 9.91. The topological polar surface area (TPSA) is 64.1 Å². The van der Waals surface area contributed by atoms with Crippen LogP contribution in [0.3, 0.4) is 0 Å². The monoisotopic (exact) mass is 239 g/mol. The number of aliphatic hydroxyl groups excluding tert-OH is 1. The van der Waals surface area contributed by atoms with Gasteiger partial charge in [0.15, 0.2) is 0 Å². The lowest BCUT2D eigenvalue weighted by Crippen LogP contribution is -2.09. The van der Waals surface area contributed by atoms with Crippen molar-refractivity contribution in [1.82, 2.24) is 9.78 Å². The zero-order chi connectivity index (χ0) is 12.8. The molecule has 1 aromatic heterocycles. The summed E-state index contributed by atoms with van der Waals surface area (Å²) < 4.78 is 1.60.